The first-order valence-electron chi connectivity index (χ1n) is 8.94. The average molecular weight is 368 g/mol. The Morgan fingerprint density at radius 3 is 2.28 bits per heavy atom. The van der Waals surface area contributed by atoms with Crippen LogP contribution in [0.5, 0.6) is 0 Å². The standard InChI is InChI=1S/C18H29N3O3S/c1-3-4-5-10-19-18(22)17-8-6-16(7-9-17)15-20-11-13-21(14-12-20)25(2,23)24/h6-9H,3-5,10-15H2,1-2H3,(H,19,22). The Morgan fingerprint density at radius 1 is 1.08 bits per heavy atom. The number of nitrogens with zero attached hydrogens (tertiary/aromatic N) is 2. The van der Waals surface area contributed by atoms with Crippen LogP contribution >= 0.6 is 0 Å². The highest BCUT2D eigenvalue weighted by Gasteiger charge is 2.23. The first kappa shape index (κ1) is 19.9. The first-order chi connectivity index (χ1) is 11.9. The second-order valence-electron chi connectivity index (χ2n) is 6.60. The summed E-state index contributed by atoms with van der Waals surface area (Å²) in [5, 5.41) is 2.94. The lowest BCUT2D eigenvalue weighted by molar-refractivity contribution is 0.0953. The van der Waals surface area contributed by atoms with Gasteiger partial charge in [0, 0.05) is 44.8 Å². The Kier molecular flexibility index (Phi) is 7.40. The average Bonchev–Trinajstić information content (AvgIpc) is 2.59. The number of hydrogen-bond donors (Lipinski definition) is 1. The molecule has 1 aliphatic rings. The van der Waals surface area contributed by atoms with Crippen LogP contribution in [0, 0.1) is 0 Å². The van der Waals surface area contributed by atoms with Gasteiger partial charge in [-0.2, -0.15) is 4.31 Å². The fraction of sp³-hybridized carbons (Fsp3) is 0.611. The van der Waals surface area contributed by atoms with E-state index in [9.17, 15) is 13.2 Å². The molecule has 1 N–H and O–H groups in total. The third-order valence-electron chi connectivity index (χ3n) is 4.49. The maximum Gasteiger partial charge on any atom is 0.251 e. The lowest BCUT2D eigenvalue weighted by Crippen LogP contribution is -2.47. The highest BCUT2D eigenvalue weighted by molar-refractivity contribution is 7.88. The third-order valence-corrected chi connectivity index (χ3v) is 5.79. The molecule has 0 radical (unpaired) electrons. The van der Waals surface area contributed by atoms with Crippen LogP contribution in [0.4, 0.5) is 0 Å². The highest BCUT2D eigenvalue weighted by atomic mass is 32.2. The molecule has 1 saturated heterocycles. The molecule has 0 aromatic heterocycles. The minimum atomic E-state index is -3.09. The molecule has 1 fully saturated rings. The predicted octanol–water partition coefficient (Wildman–Crippen LogP) is 1.68. The van der Waals surface area contributed by atoms with E-state index in [1.807, 2.05) is 24.3 Å². The summed E-state index contributed by atoms with van der Waals surface area (Å²) in [6.07, 6.45) is 4.54. The van der Waals surface area contributed by atoms with Gasteiger partial charge in [-0.1, -0.05) is 31.9 Å². The van der Waals surface area contributed by atoms with Crippen molar-refractivity contribution in [2.45, 2.75) is 32.7 Å². The van der Waals surface area contributed by atoms with Gasteiger partial charge >= 0.3 is 0 Å². The molecular weight excluding hydrogens is 338 g/mol. The summed E-state index contributed by atoms with van der Waals surface area (Å²) in [6, 6.07) is 7.67. The summed E-state index contributed by atoms with van der Waals surface area (Å²) < 4.78 is 24.6. The molecule has 0 unspecified atom stereocenters. The van der Waals surface area contributed by atoms with E-state index in [1.165, 1.54) is 10.6 Å². The fourth-order valence-electron chi connectivity index (χ4n) is 2.92. The number of piperazine rings is 1. The van der Waals surface area contributed by atoms with Crippen LogP contribution in [0.3, 0.4) is 0 Å². The number of nitrogens with one attached hydrogen (secondary N) is 1. The molecule has 0 aliphatic carbocycles. The van der Waals surface area contributed by atoms with E-state index in [0.29, 0.717) is 18.7 Å². The van der Waals surface area contributed by atoms with Gasteiger partial charge < -0.3 is 5.32 Å². The zero-order valence-corrected chi connectivity index (χ0v) is 16.0. The molecule has 0 bridgehead atoms. The summed E-state index contributed by atoms with van der Waals surface area (Å²) in [4.78, 5) is 14.3. The zero-order valence-electron chi connectivity index (χ0n) is 15.2. The zero-order chi connectivity index (χ0) is 18.3. The molecule has 1 amide bonds. The third kappa shape index (κ3) is 6.41. The van der Waals surface area contributed by atoms with Gasteiger partial charge in [0.1, 0.15) is 0 Å². The predicted molar refractivity (Wildman–Crippen MR) is 100.0 cm³/mol. The molecule has 0 atom stereocenters. The van der Waals surface area contributed by atoms with Crippen molar-refractivity contribution in [2.24, 2.45) is 0 Å². The van der Waals surface area contributed by atoms with Crippen LogP contribution in [-0.2, 0) is 16.6 Å². The number of unbranched alkanes of at least 4 members (excludes halogenated alkanes) is 2. The summed E-state index contributed by atoms with van der Waals surface area (Å²) in [5.74, 6) is -0.0237. The summed E-state index contributed by atoms with van der Waals surface area (Å²) >= 11 is 0. The molecule has 6 nitrogen and oxygen atoms in total. The Morgan fingerprint density at radius 2 is 1.72 bits per heavy atom. The van der Waals surface area contributed by atoms with Crippen molar-refractivity contribution in [1.82, 2.24) is 14.5 Å². The Balaban J connectivity index is 1.80. The minimum Gasteiger partial charge on any atom is -0.352 e. The van der Waals surface area contributed by atoms with Crippen LogP contribution in [0.2, 0.25) is 0 Å². The van der Waals surface area contributed by atoms with Crippen molar-refractivity contribution in [3.63, 3.8) is 0 Å². The Labute approximate surface area is 151 Å². The van der Waals surface area contributed by atoms with Crippen LogP contribution in [0.25, 0.3) is 0 Å². The molecule has 1 heterocycles. The molecule has 1 aromatic carbocycles. The van der Waals surface area contributed by atoms with Crippen LogP contribution in [-0.4, -0.2) is 62.5 Å². The van der Waals surface area contributed by atoms with Crippen molar-refractivity contribution in [3.8, 4) is 0 Å². The van der Waals surface area contributed by atoms with E-state index in [0.717, 1.165) is 51.0 Å². The van der Waals surface area contributed by atoms with Crippen LogP contribution < -0.4 is 5.32 Å². The SMILES string of the molecule is CCCCCNC(=O)c1ccc(CN2CCN(S(C)(=O)=O)CC2)cc1. The molecule has 1 aromatic rings. The minimum absolute atomic E-state index is 0.0237. The smallest absolute Gasteiger partial charge is 0.251 e. The molecule has 0 spiro atoms. The van der Waals surface area contributed by atoms with Gasteiger partial charge in [0.25, 0.3) is 5.91 Å². The molecule has 140 valence electrons. The van der Waals surface area contributed by atoms with Gasteiger partial charge in [-0.05, 0) is 24.1 Å². The maximum atomic E-state index is 12.1. The van der Waals surface area contributed by atoms with Gasteiger partial charge in [-0.3, -0.25) is 9.69 Å². The van der Waals surface area contributed by atoms with E-state index in [-0.39, 0.29) is 5.91 Å². The van der Waals surface area contributed by atoms with E-state index < -0.39 is 10.0 Å². The maximum absolute atomic E-state index is 12.1. The monoisotopic (exact) mass is 367 g/mol. The van der Waals surface area contributed by atoms with Crippen molar-refractivity contribution >= 4 is 15.9 Å². The Bertz CT molecular complexity index is 651. The highest BCUT2D eigenvalue weighted by Crippen LogP contribution is 2.12. The van der Waals surface area contributed by atoms with Crippen molar-refractivity contribution in [1.29, 1.82) is 0 Å². The molecular formula is C18H29N3O3S. The number of sulfonamides is 1. The van der Waals surface area contributed by atoms with E-state index >= 15 is 0 Å². The largest absolute Gasteiger partial charge is 0.352 e. The van der Waals surface area contributed by atoms with Crippen molar-refractivity contribution < 1.29 is 13.2 Å². The number of hydrogen-bond acceptors (Lipinski definition) is 4. The second-order valence-corrected chi connectivity index (χ2v) is 8.58. The number of carbonyl (C=O) groups is 1. The van der Waals surface area contributed by atoms with E-state index in [1.54, 1.807) is 0 Å². The van der Waals surface area contributed by atoms with Gasteiger partial charge in [-0.15, -0.1) is 0 Å². The summed E-state index contributed by atoms with van der Waals surface area (Å²) in [7, 11) is -3.09. The summed E-state index contributed by atoms with van der Waals surface area (Å²) in [6.45, 7) is 6.17. The van der Waals surface area contributed by atoms with E-state index in [2.05, 4.69) is 17.1 Å². The fourth-order valence-corrected chi connectivity index (χ4v) is 3.74. The van der Waals surface area contributed by atoms with Crippen LogP contribution in [0.15, 0.2) is 24.3 Å². The van der Waals surface area contributed by atoms with E-state index in [4.69, 9.17) is 0 Å². The van der Waals surface area contributed by atoms with Gasteiger partial charge in [0.15, 0.2) is 0 Å². The molecule has 7 heteroatoms. The number of amides is 1. The Hall–Kier alpha value is -1.44. The first-order valence-corrected chi connectivity index (χ1v) is 10.8. The molecule has 1 aliphatic heterocycles. The number of carbonyl (C=O) groups excluding carboxylic acids is 1. The van der Waals surface area contributed by atoms with Crippen molar-refractivity contribution in [3.05, 3.63) is 35.4 Å². The number of benzene rings is 1. The molecule has 0 saturated carbocycles. The summed E-state index contributed by atoms with van der Waals surface area (Å²) in [5.41, 5.74) is 1.82. The van der Waals surface area contributed by atoms with Gasteiger partial charge in [0.2, 0.25) is 10.0 Å². The second kappa shape index (κ2) is 9.31. The van der Waals surface area contributed by atoms with Crippen molar-refractivity contribution in [2.75, 3.05) is 39.0 Å². The lowest BCUT2D eigenvalue weighted by Gasteiger charge is -2.33. The topological polar surface area (TPSA) is 69.7 Å². The molecule has 25 heavy (non-hydrogen) atoms. The number of rotatable bonds is 8. The van der Waals surface area contributed by atoms with Gasteiger partial charge in [0.05, 0.1) is 6.26 Å². The van der Waals surface area contributed by atoms with Crippen LogP contribution in [0.1, 0.15) is 42.1 Å². The quantitative estimate of drug-likeness (QED) is 0.710. The normalized spacial score (nSPS) is 16.7. The lowest BCUT2D eigenvalue weighted by atomic mass is 10.1. The van der Waals surface area contributed by atoms with Gasteiger partial charge in [-0.25, -0.2) is 8.42 Å². The molecule has 2 rings (SSSR count).